The maximum absolute atomic E-state index is 11.2. The second-order valence-corrected chi connectivity index (χ2v) is 3.18. The number of halogens is 1. The minimum atomic E-state index is 0. The van der Waals surface area contributed by atoms with Gasteiger partial charge in [0.25, 0.3) is 0 Å². The molecule has 0 N–H and O–H groups in total. The molecule has 1 amide bonds. The van der Waals surface area contributed by atoms with E-state index in [0.717, 1.165) is 12.0 Å². The first-order chi connectivity index (χ1) is 6.20. The van der Waals surface area contributed by atoms with E-state index in [-0.39, 0.29) is 50.3 Å². The van der Waals surface area contributed by atoms with Crippen molar-refractivity contribution in [1.29, 1.82) is 0 Å². The zero-order valence-electron chi connectivity index (χ0n) is 8.77. The fourth-order valence-corrected chi connectivity index (χ4v) is 1.05. The van der Waals surface area contributed by atoms with Crippen molar-refractivity contribution >= 4 is 5.91 Å². The smallest absolute Gasteiger partial charge is 0.222 e. The first-order valence-electron chi connectivity index (χ1n) is 4.36. The molecule has 0 unspecified atom stereocenters. The molecular formula is C11H14INOPd-. The Balaban J connectivity index is 0. The average Bonchev–Trinajstić information content (AvgIpc) is 2.15. The van der Waals surface area contributed by atoms with Gasteiger partial charge in [0.1, 0.15) is 0 Å². The molecule has 87 valence electrons. The Kier molecular flexibility index (Phi) is 10.9. The Morgan fingerprint density at radius 3 is 2.53 bits per heavy atom. The Morgan fingerprint density at radius 2 is 2.07 bits per heavy atom. The maximum atomic E-state index is 11.2. The van der Waals surface area contributed by atoms with E-state index in [4.69, 9.17) is 0 Å². The third-order valence-corrected chi connectivity index (χ3v) is 1.88. The second kappa shape index (κ2) is 9.32. The van der Waals surface area contributed by atoms with Crippen LogP contribution in [0.4, 0.5) is 0 Å². The third-order valence-electron chi connectivity index (χ3n) is 1.88. The Morgan fingerprint density at radius 1 is 1.40 bits per heavy atom. The number of rotatable bonds is 3. The number of hydrogen-bond acceptors (Lipinski definition) is 1. The summed E-state index contributed by atoms with van der Waals surface area (Å²) in [6, 6.07) is 10.8. The summed E-state index contributed by atoms with van der Waals surface area (Å²) in [6.07, 6.45) is 1.34. The predicted octanol–water partition coefficient (Wildman–Crippen LogP) is -1.49. The van der Waals surface area contributed by atoms with Gasteiger partial charge in [-0.15, -0.1) is 0 Å². The zero-order chi connectivity index (χ0) is 9.68. The molecule has 0 aliphatic carbocycles. The van der Waals surface area contributed by atoms with Gasteiger partial charge >= 0.3 is 0 Å². The maximum Gasteiger partial charge on any atom is 0.222 e. The van der Waals surface area contributed by atoms with Gasteiger partial charge in [0.2, 0.25) is 5.91 Å². The van der Waals surface area contributed by atoms with Crippen LogP contribution in [0.1, 0.15) is 12.0 Å². The van der Waals surface area contributed by atoms with Crippen LogP contribution in [0.3, 0.4) is 0 Å². The van der Waals surface area contributed by atoms with E-state index in [1.165, 1.54) is 0 Å². The van der Waals surface area contributed by atoms with Crippen molar-refractivity contribution in [2.24, 2.45) is 0 Å². The molecule has 0 aliphatic heterocycles. The minimum absolute atomic E-state index is 0. The summed E-state index contributed by atoms with van der Waals surface area (Å²) >= 11 is 0. The average molecular weight is 410 g/mol. The molecule has 1 rings (SSSR count). The fourth-order valence-electron chi connectivity index (χ4n) is 1.05. The van der Waals surface area contributed by atoms with Crippen LogP contribution in [-0.2, 0) is 31.6 Å². The number of aryl methyl sites for hydroxylation is 1. The number of nitrogens with zero attached hydrogens (tertiary/aromatic N) is 1. The number of amides is 1. The van der Waals surface area contributed by atoms with E-state index in [0.29, 0.717) is 6.42 Å². The monoisotopic (exact) mass is 409 g/mol. The van der Waals surface area contributed by atoms with Gasteiger partial charge in [-0.3, -0.25) is 4.79 Å². The summed E-state index contributed by atoms with van der Waals surface area (Å²) in [4.78, 5) is 12.8. The molecule has 15 heavy (non-hydrogen) atoms. The van der Waals surface area contributed by atoms with Gasteiger partial charge in [-0.25, -0.2) is 0 Å². The van der Waals surface area contributed by atoms with Gasteiger partial charge in [-0.1, -0.05) is 24.3 Å². The summed E-state index contributed by atoms with van der Waals surface area (Å²) in [5, 5.41) is 0. The van der Waals surface area contributed by atoms with Crippen LogP contribution >= 0.6 is 0 Å². The summed E-state index contributed by atoms with van der Waals surface area (Å²) in [5.74, 6) is 0.164. The van der Waals surface area contributed by atoms with Gasteiger partial charge < -0.3 is 28.9 Å². The fraction of sp³-hybridized carbons (Fsp3) is 0.364. The topological polar surface area (TPSA) is 20.3 Å². The summed E-state index contributed by atoms with van der Waals surface area (Å²) in [6.45, 7) is 0. The molecule has 0 aromatic heterocycles. The van der Waals surface area contributed by atoms with E-state index < -0.39 is 0 Å². The third kappa shape index (κ3) is 7.05. The molecule has 0 bridgehead atoms. The molecule has 0 saturated carbocycles. The summed E-state index contributed by atoms with van der Waals surface area (Å²) in [5.41, 5.74) is 1.10. The molecule has 0 saturated heterocycles. The Labute approximate surface area is 122 Å². The molecule has 0 heterocycles. The van der Waals surface area contributed by atoms with Gasteiger partial charge in [-0.2, -0.15) is 0 Å². The quantitative estimate of drug-likeness (QED) is 0.440. The van der Waals surface area contributed by atoms with Crippen molar-refractivity contribution in [3.05, 3.63) is 35.9 Å². The molecule has 1 radical (unpaired) electrons. The van der Waals surface area contributed by atoms with E-state index >= 15 is 0 Å². The number of carbonyl (C=O) groups is 1. The number of carbonyl (C=O) groups excluding carboxylic acids is 1. The second-order valence-electron chi connectivity index (χ2n) is 3.18. The van der Waals surface area contributed by atoms with Crippen molar-refractivity contribution in [3.63, 3.8) is 0 Å². The molecule has 0 atom stereocenters. The SMILES string of the molecule is CN(C)C(=O)CCc1[c]cccc1.[I-].[Pd]. The van der Waals surface area contributed by atoms with Gasteiger partial charge in [0.15, 0.2) is 0 Å². The van der Waals surface area contributed by atoms with Crippen molar-refractivity contribution in [1.82, 2.24) is 4.90 Å². The number of hydrogen-bond donors (Lipinski definition) is 0. The van der Waals surface area contributed by atoms with Crippen molar-refractivity contribution < 1.29 is 49.2 Å². The number of benzene rings is 1. The first kappa shape index (κ1) is 17.5. The van der Waals surface area contributed by atoms with Crippen LogP contribution in [0.5, 0.6) is 0 Å². The summed E-state index contributed by atoms with van der Waals surface area (Å²) in [7, 11) is 3.55. The predicted molar refractivity (Wildman–Crippen MR) is 52.3 cm³/mol. The Hall–Kier alpha value is 0.0823. The zero-order valence-corrected chi connectivity index (χ0v) is 12.5. The molecule has 2 nitrogen and oxygen atoms in total. The van der Waals surface area contributed by atoms with Crippen LogP contribution in [0.2, 0.25) is 0 Å². The van der Waals surface area contributed by atoms with Crippen molar-refractivity contribution in [2.75, 3.05) is 14.1 Å². The first-order valence-corrected chi connectivity index (χ1v) is 4.36. The largest absolute Gasteiger partial charge is 1.00 e. The standard InChI is InChI=1S/C11H14NO.HI.Pd/c1-12(2)11(13)9-8-10-6-4-3-5-7-10;;/h3-6H,8-9H2,1-2H3;1H;/p-1. The molecular weight excluding hydrogens is 395 g/mol. The van der Waals surface area contributed by atoms with E-state index in [9.17, 15) is 4.79 Å². The van der Waals surface area contributed by atoms with Crippen molar-refractivity contribution in [3.8, 4) is 0 Å². The van der Waals surface area contributed by atoms with E-state index in [1.54, 1.807) is 19.0 Å². The van der Waals surface area contributed by atoms with E-state index in [1.807, 2.05) is 24.3 Å². The molecule has 0 fully saturated rings. The normalized spacial score (nSPS) is 8.40. The van der Waals surface area contributed by atoms with Crippen molar-refractivity contribution in [2.45, 2.75) is 12.8 Å². The van der Waals surface area contributed by atoms with Gasteiger partial charge in [-0.05, 0) is 18.1 Å². The van der Waals surface area contributed by atoms with Crippen LogP contribution in [0, 0.1) is 6.07 Å². The van der Waals surface area contributed by atoms with Crippen LogP contribution in [0.15, 0.2) is 24.3 Å². The minimum Gasteiger partial charge on any atom is -1.00 e. The van der Waals surface area contributed by atoms with Gasteiger partial charge in [0, 0.05) is 40.9 Å². The van der Waals surface area contributed by atoms with Crippen LogP contribution in [0.25, 0.3) is 0 Å². The summed E-state index contributed by atoms with van der Waals surface area (Å²) < 4.78 is 0. The molecule has 1 aromatic carbocycles. The van der Waals surface area contributed by atoms with Gasteiger partial charge in [0.05, 0.1) is 0 Å². The van der Waals surface area contributed by atoms with Crippen LogP contribution < -0.4 is 24.0 Å². The van der Waals surface area contributed by atoms with E-state index in [2.05, 4.69) is 6.07 Å². The molecule has 1 aromatic rings. The molecule has 0 spiro atoms. The molecule has 0 aliphatic rings. The molecule has 4 heteroatoms. The Bertz CT molecular complexity index is 277. The van der Waals surface area contributed by atoms with Crippen LogP contribution in [-0.4, -0.2) is 24.9 Å².